The molecule has 0 aromatic heterocycles. The summed E-state index contributed by atoms with van der Waals surface area (Å²) in [6, 6.07) is 0. The molecule has 1 aliphatic carbocycles. The van der Waals surface area contributed by atoms with Gasteiger partial charge in [-0.15, -0.1) is 6.58 Å². The molecule has 0 amide bonds. The van der Waals surface area contributed by atoms with Crippen LogP contribution >= 0.6 is 0 Å². The molecule has 3 nitrogen and oxygen atoms in total. The molecule has 0 spiro atoms. The lowest BCUT2D eigenvalue weighted by Crippen LogP contribution is -2.38. The molecule has 1 fully saturated rings. The van der Waals surface area contributed by atoms with Gasteiger partial charge in [0.25, 0.3) is 0 Å². The predicted molar refractivity (Wildman–Crippen MR) is 74.3 cm³/mol. The SMILES string of the molecule is C=CCNCC(=O)OC1CC(C)CCC1C(C)C. The van der Waals surface area contributed by atoms with E-state index >= 15 is 0 Å². The first-order chi connectivity index (χ1) is 8.54. The van der Waals surface area contributed by atoms with Crippen LogP contribution in [0.15, 0.2) is 12.7 Å². The molecule has 0 saturated heterocycles. The number of esters is 1. The summed E-state index contributed by atoms with van der Waals surface area (Å²) >= 11 is 0. The number of hydrogen-bond acceptors (Lipinski definition) is 3. The topological polar surface area (TPSA) is 38.3 Å². The van der Waals surface area contributed by atoms with Gasteiger partial charge in [0, 0.05) is 6.54 Å². The summed E-state index contributed by atoms with van der Waals surface area (Å²) in [5, 5.41) is 2.99. The van der Waals surface area contributed by atoms with E-state index in [2.05, 4.69) is 32.7 Å². The summed E-state index contributed by atoms with van der Waals surface area (Å²) in [4.78, 5) is 11.7. The van der Waals surface area contributed by atoms with Crippen molar-refractivity contribution in [3.8, 4) is 0 Å². The molecular formula is C15H27NO2. The fourth-order valence-electron chi connectivity index (χ4n) is 2.74. The quantitative estimate of drug-likeness (QED) is 0.449. The number of carbonyl (C=O) groups excluding carboxylic acids is 1. The zero-order valence-electron chi connectivity index (χ0n) is 11.9. The molecule has 3 heteroatoms. The number of rotatable bonds is 6. The van der Waals surface area contributed by atoms with Crippen LogP contribution in [0.3, 0.4) is 0 Å². The van der Waals surface area contributed by atoms with Gasteiger partial charge >= 0.3 is 5.97 Å². The maximum Gasteiger partial charge on any atom is 0.320 e. The second-order valence-corrected chi connectivity index (χ2v) is 5.77. The van der Waals surface area contributed by atoms with E-state index in [9.17, 15) is 4.79 Å². The first-order valence-corrected chi connectivity index (χ1v) is 7.05. The van der Waals surface area contributed by atoms with Crippen molar-refractivity contribution < 1.29 is 9.53 Å². The Kier molecular flexibility index (Phi) is 6.41. The molecule has 0 radical (unpaired) electrons. The van der Waals surface area contributed by atoms with Crippen molar-refractivity contribution in [2.75, 3.05) is 13.1 Å². The van der Waals surface area contributed by atoms with Crippen molar-refractivity contribution in [3.63, 3.8) is 0 Å². The number of carbonyl (C=O) groups is 1. The minimum atomic E-state index is -0.137. The lowest BCUT2D eigenvalue weighted by atomic mass is 9.75. The largest absolute Gasteiger partial charge is 0.461 e. The minimum Gasteiger partial charge on any atom is -0.461 e. The Morgan fingerprint density at radius 2 is 2.22 bits per heavy atom. The molecular weight excluding hydrogens is 226 g/mol. The molecule has 1 aliphatic rings. The van der Waals surface area contributed by atoms with Crippen LogP contribution in [0.2, 0.25) is 0 Å². The number of ether oxygens (including phenoxy) is 1. The van der Waals surface area contributed by atoms with Gasteiger partial charge in [-0.1, -0.05) is 33.3 Å². The van der Waals surface area contributed by atoms with E-state index in [0.29, 0.717) is 24.3 Å². The van der Waals surface area contributed by atoms with Crippen molar-refractivity contribution >= 4 is 5.97 Å². The third-order valence-electron chi connectivity index (χ3n) is 3.80. The van der Waals surface area contributed by atoms with E-state index in [1.54, 1.807) is 6.08 Å². The van der Waals surface area contributed by atoms with E-state index in [-0.39, 0.29) is 18.6 Å². The summed E-state index contributed by atoms with van der Waals surface area (Å²) in [5.74, 6) is 1.63. The Bertz CT molecular complexity index is 276. The van der Waals surface area contributed by atoms with Gasteiger partial charge in [0.05, 0.1) is 6.54 Å². The number of hydrogen-bond donors (Lipinski definition) is 1. The molecule has 3 atom stereocenters. The molecule has 3 unspecified atom stereocenters. The van der Waals surface area contributed by atoms with E-state index in [0.717, 1.165) is 6.42 Å². The van der Waals surface area contributed by atoms with Gasteiger partial charge in [-0.3, -0.25) is 4.79 Å². The molecule has 1 saturated carbocycles. The van der Waals surface area contributed by atoms with Gasteiger partial charge in [0.15, 0.2) is 0 Å². The summed E-state index contributed by atoms with van der Waals surface area (Å²) in [6.07, 6.45) is 5.29. The lowest BCUT2D eigenvalue weighted by molar-refractivity contribution is -0.154. The van der Waals surface area contributed by atoms with E-state index in [1.165, 1.54) is 12.8 Å². The average Bonchev–Trinajstić information content (AvgIpc) is 2.29. The van der Waals surface area contributed by atoms with Crippen molar-refractivity contribution in [1.29, 1.82) is 0 Å². The Balaban J connectivity index is 2.44. The van der Waals surface area contributed by atoms with Crippen molar-refractivity contribution in [2.24, 2.45) is 17.8 Å². The maximum absolute atomic E-state index is 11.7. The molecule has 18 heavy (non-hydrogen) atoms. The summed E-state index contributed by atoms with van der Waals surface area (Å²) in [7, 11) is 0. The Hall–Kier alpha value is -0.830. The Morgan fingerprint density at radius 3 is 2.83 bits per heavy atom. The summed E-state index contributed by atoms with van der Waals surface area (Å²) in [5.41, 5.74) is 0. The highest BCUT2D eigenvalue weighted by molar-refractivity contribution is 5.71. The summed E-state index contributed by atoms with van der Waals surface area (Å²) < 4.78 is 5.65. The monoisotopic (exact) mass is 253 g/mol. The Morgan fingerprint density at radius 1 is 1.50 bits per heavy atom. The molecule has 0 aliphatic heterocycles. The minimum absolute atomic E-state index is 0.104. The standard InChI is InChI=1S/C15H27NO2/c1-5-8-16-10-15(17)18-14-9-12(4)6-7-13(14)11(2)3/h5,11-14,16H,1,6-10H2,2-4H3. The molecule has 0 bridgehead atoms. The maximum atomic E-state index is 11.7. The highest BCUT2D eigenvalue weighted by atomic mass is 16.5. The van der Waals surface area contributed by atoms with Crippen LogP contribution in [0.4, 0.5) is 0 Å². The van der Waals surface area contributed by atoms with Gasteiger partial charge in [-0.2, -0.15) is 0 Å². The van der Waals surface area contributed by atoms with Crippen LogP contribution in [0.1, 0.15) is 40.0 Å². The second-order valence-electron chi connectivity index (χ2n) is 5.77. The molecule has 0 aromatic carbocycles. The molecule has 1 N–H and O–H groups in total. The predicted octanol–water partition coefficient (Wildman–Crippen LogP) is 2.77. The van der Waals surface area contributed by atoms with Gasteiger partial charge < -0.3 is 10.1 Å². The molecule has 104 valence electrons. The fourth-order valence-corrected chi connectivity index (χ4v) is 2.74. The normalized spacial score (nSPS) is 28.1. The lowest BCUT2D eigenvalue weighted by Gasteiger charge is -2.36. The fraction of sp³-hybridized carbons (Fsp3) is 0.800. The van der Waals surface area contributed by atoms with Gasteiger partial charge in [0.1, 0.15) is 6.10 Å². The van der Waals surface area contributed by atoms with Gasteiger partial charge in [-0.25, -0.2) is 0 Å². The molecule has 0 aromatic rings. The third-order valence-corrected chi connectivity index (χ3v) is 3.80. The van der Waals surface area contributed by atoms with E-state index in [4.69, 9.17) is 4.74 Å². The van der Waals surface area contributed by atoms with Gasteiger partial charge in [-0.05, 0) is 30.6 Å². The van der Waals surface area contributed by atoms with Crippen LogP contribution < -0.4 is 5.32 Å². The van der Waals surface area contributed by atoms with Crippen LogP contribution in [-0.4, -0.2) is 25.2 Å². The van der Waals surface area contributed by atoms with Crippen molar-refractivity contribution in [3.05, 3.63) is 12.7 Å². The molecule has 1 rings (SSSR count). The average molecular weight is 253 g/mol. The van der Waals surface area contributed by atoms with E-state index < -0.39 is 0 Å². The molecule has 0 heterocycles. The highest BCUT2D eigenvalue weighted by Gasteiger charge is 2.33. The van der Waals surface area contributed by atoms with Crippen molar-refractivity contribution in [2.45, 2.75) is 46.1 Å². The smallest absolute Gasteiger partial charge is 0.320 e. The van der Waals surface area contributed by atoms with Crippen molar-refractivity contribution in [1.82, 2.24) is 5.32 Å². The van der Waals surface area contributed by atoms with Crippen LogP contribution in [-0.2, 0) is 9.53 Å². The van der Waals surface area contributed by atoms with Gasteiger partial charge in [0.2, 0.25) is 0 Å². The zero-order valence-corrected chi connectivity index (χ0v) is 11.9. The van der Waals surface area contributed by atoms with Crippen LogP contribution in [0.5, 0.6) is 0 Å². The summed E-state index contributed by atoms with van der Waals surface area (Å²) in [6.45, 7) is 11.2. The second kappa shape index (κ2) is 7.57. The number of nitrogens with one attached hydrogen (secondary N) is 1. The van der Waals surface area contributed by atoms with E-state index in [1.807, 2.05) is 0 Å². The third kappa shape index (κ3) is 4.81. The van der Waals surface area contributed by atoms with Crippen LogP contribution in [0.25, 0.3) is 0 Å². The first kappa shape index (κ1) is 15.2. The highest BCUT2D eigenvalue weighted by Crippen LogP contribution is 2.35. The zero-order chi connectivity index (χ0) is 13.5. The Labute approximate surface area is 111 Å². The first-order valence-electron chi connectivity index (χ1n) is 7.05. The van der Waals surface area contributed by atoms with Crippen LogP contribution in [0, 0.1) is 17.8 Å².